The molecule has 1 aliphatic heterocycles. The standard InChI is InChI=1S/C20H20N4O5/c1-12-8-10-13(11-9-12)21-19(25)16(22-23(2)3)17(24(27)28)18-14-6-4-5-7-15(14)20(26)29-18/h4-11,17-18H,1-3H3,(H,21,25)/b22-16+/t17-,18-/m0/s1. The van der Waals surface area contributed by atoms with Crippen molar-refractivity contribution < 1.29 is 19.2 Å². The number of cyclic esters (lactones) is 1. The number of aryl methyl sites for hydroxylation is 1. The van der Waals surface area contributed by atoms with Gasteiger partial charge in [0.15, 0.2) is 0 Å². The van der Waals surface area contributed by atoms with Gasteiger partial charge in [0.25, 0.3) is 5.91 Å². The topological polar surface area (TPSA) is 114 Å². The van der Waals surface area contributed by atoms with Gasteiger partial charge in [0.2, 0.25) is 11.8 Å². The Labute approximate surface area is 167 Å². The number of nitrogens with zero attached hydrogens (tertiary/aromatic N) is 3. The highest BCUT2D eigenvalue weighted by Gasteiger charge is 2.48. The summed E-state index contributed by atoms with van der Waals surface area (Å²) in [4.78, 5) is 36.4. The highest BCUT2D eigenvalue weighted by molar-refractivity contribution is 6.44. The Morgan fingerprint density at radius 3 is 2.48 bits per heavy atom. The van der Waals surface area contributed by atoms with E-state index in [0.29, 0.717) is 11.3 Å². The number of rotatable bonds is 6. The number of hydrogen-bond acceptors (Lipinski definition) is 7. The number of nitrogens with one attached hydrogen (secondary N) is 1. The van der Waals surface area contributed by atoms with Crippen molar-refractivity contribution in [1.29, 1.82) is 0 Å². The third kappa shape index (κ3) is 4.23. The number of hydrazone groups is 1. The Hall–Kier alpha value is -3.75. The summed E-state index contributed by atoms with van der Waals surface area (Å²) in [5.41, 5.74) is 1.71. The molecule has 3 rings (SSSR count). The van der Waals surface area contributed by atoms with Crippen molar-refractivity contribution in [3.05, 3.63) is 75.3 Å². The molecule has 150 valence electrons. The second kappa shape index (κ2) is 8.09. The number of anilines is 1. The summed E-state index contributed by atoms with van der Waals surface area (Å²) in [5, 5.41) is 19.9. The van der Waals surface area contributed by atoms with E-state index in [4.69, 9.17) is 4.74 Å². The lowest BCUT2D eigenvalue weighted by Crippen LogP contribution is -2.43. The summed E-state index contributed by atoms with van der Waals surface area (Å²) >= 11 is 0. The molecule has 29 heavy (non-hydrogen) atoms. The van der Waals surface area contributed by atoms with E-state index in [1.54, 1.807) is 56.6 Å². The van der Waals surface area contributed by atoms with Crippen molar-refractivity contribution >= 4 is 23.3 Å². The van der Waals surface area contributed by atoms with Crippen molar-refractivity contribution in [1.82, 2.24) is 5.01 Å². The van der Waals surface area contributed by atoms with Crippen molar-refractivity contribution in [2.24, 2.45) is 5.10 Å². The zero-order chi connectivity index (χ0) is 21.1. The average Bonchev–Trinajstić information content (AvgIpc) is 2.99. The maximum atomic E-state index is 12.9. The third-order valence-corrected chi connectivity index (χ3v) is 4.37. The first-order valence-corrected chi connectivity index (χ1v) is 8.85. The molecular weight excluding hydrogens is 376 g/mol. The van der Waals surface area contributed by atoms with Crippen molar-refractivity contribution in [2.75, 3.05) is 19.4 Å². The van der Waals surface area contributed by atoms with E-state index < -0.39 is 28.9 Å². The van der Waals surface area contributed by atoms with Crippen LogP contribution in [-0.4, -0.2) is 47.7 Å². The van der Waals surface area contributed by atoms with Gasteiger partial charge in [-0.15, -0.1) is 0 Å². The van der Waals surface area contributed by atoms with Crippen LogP contribution in [0.4, 0.5) is 5.69 Å². The summed E-state index contributed by atoms with van der Waals surface area (Å²) < 4.78 is 5.27. The highest BCUT2D eigenvalue weighted by atomic mass is 16.6. The van der Waals surface area contributed by atoms with Crippen LogP contribution in [-0.2, 0) is 9.53 Å². The number of carbonyl (C=O) groups excluding carboxylic acids is 2. The van der Waals surface area contributed by atoms with Gasteiger partial charge in [0, 0.05) is 30.3 Å². The fraction of sp³-hybridized carbons (Fsp3) is 0.250. The Kier molecular flexibility index (Phi) is 5.58. The fourth-order valence-electron chi connectivity index (χ4n) is 3.05. The average molecular weight is 396 g/mol. The molecule has 9 nitrogen and oxygen atoms in total. The molecule has 0 spiro atoms. The molecule has 0 unspecified atom stereocenters. The Morgan fingerprint density at radius 1 is 1.21 bits per heavy atom. The maximum absolute atomic E-state index is 12.9. The summed E-state index contributed by atoms with van der Waals surface area (Å²) in [7, 11) is 3.09. The molecule has 1 N–H and O–H groups in total. The monoisotopic (exact) mass is 396 g/mol. The van der Waals surface area contributed by atoms with Crippen LogP contribution in [0.3, 0.4) is 0 Å². The van der Waals surface area contributed by atoms with E-state index in [1.807, 2.05) is 6.92 Å². The molecule has 0 aliphatic carbocycles. The first-order chi connectivity index (χ1) is 13.8. The van der Waals surface area contributed by atoms with Crippen LogP contribution in [0.2, 0.25) is 0 Å². The molecule has 0 saturated carbocycles. The molecule has 9 heteroatoms. The largest absolute Gasteiger partial charge is 0.446 e. The number of fused-ring (bicyclic) bond motifs is 1. The predicted molar refractivity (Wildman–Crippen MR) is 106 cm³/mol. The lowest BCUT2D eigenvalue weighted by Gasteiger charge is -2.19. The van der Waals surface area contributed by atoms with Gasteiger partial charge in [-0.05, 0) is 25.1 Å². The first kappa shape index (κ1) is 20.0. The minimum atomic E-state index is -1.67. The SMILES string of the molecule is Cc1ccc(NC(=O)/C(=N/N(C)C)[C@@H]([C@H]2OC(=O)c3ccccc32)[N+](=O)[O-])cc1. The van der Waals surface area contributed by atoms with Gasteiger partial charge < -0.3 is 15.1 Å². The molecule has 1 aliphatic rings. The number of amides is 1. The van der Waals surface area contributed by atoms with Crippen LogP contribution >= 0.6 is 0 Å². The van der Waals surface area contributed by atoms with Crippen LogP contribution in [0.25, 0.3) is 0 Å². The zero-order valence-electron chi connectivity index (χ0n) is 16.2. The van der Waals surface area contributed by atoms with Gasteiger partial charge in [-0.2, -0.15) is 5.10 Å². The third-order valence-electron chi connectivity index (χ3n) is 4.37. The molecule has 0 saturated heterocycles. The first-order valence-electron chi connectivity index (χ1n) is 8.85. The lowest BCUT2D eigenvalue weighted by molar-refractivity contribution is -0.514. The molecule has 0 fully saturated rings. The van der Waals surface area contributed by atoms with Crippen LogP contribution < -0.4 is 5.32 Å². The minimum Gasteiger partial charge on any atom is -0.446 e. The van der Waals surface area contributed by atoms with Crippen LogP contribution in [0.1, 0.15) is 27.6 Å². The van der Waals surface area contributed by atoms with Crippen molar-refractivity contribution in [2.45, 2.75) is 19.1 Å². The molecule has 1 heterocycles. The van der Waals surface area contributed by atoms with E-state index >= 15 is 0 Å². The Morgan fingerprint density at radius 2 is 1.86 bits per heavy atom. The summed E-state index contributed by atoms with van der Waals surface area (Å²) in [5.74, 6) is -1.41. The normalized spacial score (nSPS) is 16.6. The number of esters is 1. The number of benzene rings is 2. The summed E-state index contributed by atoms with van der Waals surface area (Å²) in [6.45, 7) is 1.90. The van der Waals surface area contributed by atoms with Crippen LogP contribution in [0.15, 0.2) is 53.6 Å². The minimum absolute atomic E-state index is 0.243. The Balaban J connectivity index is 1.99. The molecule has 0 aromatic heterocycles. The van der Waals surface area contributed by atoms with E-state index in [0.717, 1.165) is 5.56 Å². The highest BCUT2D eigenvalue weighted by Crippen LogP contribution is 2.34. The Bertz CT molecular complexity index is 985. The molecule has 0 radical (unpaired) electrons. The molecule has 2 aromatic rings. The maximum Gasteiger partial charge on any atom is 0.339 e. The molecule has 1 amide bonds. The van der Waals surface area contributed by atoms with Gasteiger partial charge in [0.05, 0.1) is 5.56 Å². The number of carbonyl (C=O) groups is 2. The quantitative estimate of drug-likeness (QED) is 0.347. The van der Waals surface area contributed by atoms with E-state index in [9.17, 15) is 19.7 Å². The summed E-state index contributed by atoms with van der Waals surface area (Å²) in [6.07, 6.45) is -1.25. The van der Waals surface area contributed by atoms with Crippen molar-refractivity contribution in [3.8, 4) is 0 Å². The van der Waals surface area contributed by atoms with Gasteiger partial charge in [0.1, 0.15) is 0 Å². The fourth-order valence-corrected chi connectivity index (χ4v) is 3.05. The number of nitro groups is 1. The van der Waals surface area contributed by atoms with Gasteiger partial charge in [-0.1, -0.05) is 35.9 Å². The molecule has 2 aromatic carbocycles. The molecule has 0 bridgehead atoms. The van der Waals surface area contributed by atoms with E-state index in [2.05, 4.69) is 10.4 Å². The van der Waals surface area contributed by atoms with Crippen LogP contribution in [0, 0.1) is 17.0 Å². The van der Waals surface area contributed by atoms with Crippen molar-refractivity contribution in [3.63, 3.8) is 0 Å². The van der Waals surface area contributed by atoms with Gasteiger partial charge in [-0.25, -0.2) is 4.79 Å². The zero-order valence-corrected chi connectivity index (χ0v) is 16.2. The van der Waals surface area contributed by atoms with Gasteiger partial charge in [-0.3, -0.25) is 14.9 Å². The van der Waals surface area contributed by atoms with Crippen LogP contribution in [0.5, 0.6) is 0 Å². The smallest absolute Gasteiger partial charge is 0.339 e. The van der Waals surface area contributed by atoms with E-state index in [-0.39, 0.29) is 11.3 Å². The molecular formula is C20H20N4O5. The lowest BCUT2D eigenvalue weighted by atomic mass is 9.96. The second-order valence-electron chi connectivity index (χ2n) is 6.80. The second-order valence-corrected chi connectivity index (χ2v) is 6.80. The van der Waals surface area contributed by atoms with Gasteiger partial charge >= 0.3 is 12.0 Å². The number of ether oxygens (including phenoxy) is 1. The number of hydrogen-bond donors (Lipinski definition) is 1. The summed E-state index contributed by atoms with van der Waals surface area (Å²) in [6, 6.07) is 11.7. The predicted octanol–water partition coefficient (Wildman–Crippen LogP) is 2.41. The molecule has 2 atom stereocenters. The van der Waals surface area contributed by atoms with E-state index in [1.165, 1.54) is 11.1 Å².